The molecule has 26 heavy (non-hydrogen) atoms. The van der Waals surface area contributed by atoms with Crippen molar-refractivity contribution in [2.24, 2.45) is 0 Å². The fourth-order valence-corrected chi connectivity index (χ4v) is 2.51. The van der Waals surface area contributed by atoms with Crippen LogP contribution in [0, 0.1) is 23.3 Å². The van der Waals surface area contributed by atoms with Crippen LogP contribution in [-0.4, -0.2) is 20.0 Å². The van der Waals surface area contributed by atoms with Gasteiger partial charge < -0.3 is 9.47 Å². The summed E-state index contributed by atoms with van der Waals surface area (Å²) in [6.45, 7) is 0. The minimum atomic E-state index is -0.716. The van der Waals surface area contributed by atoms with E-state index in [4.69, 9.17) is 0 Å². The van der Waals surface area contributed by atoms with Crippen LogP contribution >= 0.6 is 0 Å². The van der Waals surface area contributed by atoms with Crippen LogP contribution in [0.3, 0.4) is 0 Å². The van der Waals surface area contributed by atoms with Gasteiger partial charge in [-0.15, -0.1) is 0 Å². The number of carbonyl (C=O) groups excluding carboxylic acids is 1. The topological polar surface area (TPSA) is 35.5 Å². The molecule has 0 saturated heterocycles. The zero-order valence-electron chi connectivity index (χ0n) is 14.4. The minimum Gasteiger partial charge on any atom is -0.494 e. The summed E-state index contributed by atoms with van der Waals surface area (Å²) < 4.78 is 64.2. The van der Waals surface area contributed by atoms with Gasteiger partial charge in [-0.1, -0.05) is 0 Å². The molecule has 3 nitrogen and oxygen atoms in total. The standard InChI is InChI=1S/C19H18F4O3/c1-25-18-9-14(20)11(7-16(18)22)3-5-13(24)6-4-12-8-17(23)19(26-2)10-15(12)21/h7-10H,3-6H2,1-2H3. The van der Waals surface area contributed by atoms with Crippen molar-refractivity contribution in [1.82, 2.24) is 0 Å². The van der Waals surface area contributed by atoms with Gasteiger partial charge in [-0.2, -0.15) is 0 Å². The summed E-state index contributed by atoms with van der Waals surface area (Å²) in [4.78, 5) is 11.9. The summed E-state index contributed by atoms with van der Waals surface area (Å²) in [6.07, 6.45) is -0.0675. The van der Waals surface area contributed by atoms with Crippen molar-refractivity contribution in [3.8, 4) is 11.5 Å². The molecule has 2 rings (SSSR count). The summed E-state index contributed by atoms with van der Waals surface area (Å²) >= 11 is 0. The van der Waals surface area contributed by atoms with Crippen LogP contribution in [0.25, 0.3) is 0 Å². The fourth-order valence-electron chi connectivity index (χ4n) is 2.51. The number of carbonyl (C=O) groups is 1. The maximum absolute atomic E-state index is 13.8. The van der Waals surface area contributed by atoms with Crippen molar-refractivity contribution in [2.75, 3.05) is 14.2 Å². The van der Waals surface area contributed by atoms with Gasteiger partial charge in [0.25, 0.3) is 0 Å². The Bertz CT molecular complexity index is 740. The lowest BCUT2D eigenvalue weighted by molar-refractivity contribution is -0.119. The molecule has 0 aliphatic carbocycles. The molecule has 0 amide bonds. The average molecular weight is 370 g/mol. The molecular formula is C19H18F4O3. The highest BCUT2D eigenvalue weighted by Gasteiger charge is 2.14. The SMILES string of the molecule is COc1cc(F)c(CCC(=O)CCc2cc(F)c(OC)cc2F)cc1F. The summed E-state index contributed by atoms with van der Waals surface area (Å²) in [5.74, 6) is -3.46. The van der Waals surface area contributed by atoms with Crippen LogP contribution < -0.4 is 9.47 Å². The molecule has 0 fully saturated rings. The van der Waals surface area contributed by atoms with Crippen LogP contribution in [0.4, 0.5) is 17.6 Å². The quantitative estimate of drug-likeness (QED) is 0.647. The second-order valence-corrected chi connectivity index (χ2v) is 5.70. The number of hydrogen-bond acceptors (Lipinski definition) is 3. The third kappa shape index (κ3) is 4.74. The Kier molecular flexibility index (Phi) is 6.60. The van der Waals surface area contributed by atoms with Crippen molar-refractivity contribution in [3.63, 3.8) is 0 Å². The Morgan fingerprint density at radius 3 is 1.46 bits per heavy atom. The van der Waals surface area contributed by atoms with E-state index in [-0.39, 0.29) is 54.1 Å². The van der Waals surface area contributed by atoms with Crippen molar-refractivity contribution >= 4 is 5.78 Å². The van der Waals surface area contributed by atoms with Crippen LogP contribution in [0.5, 0.6) is 11.5 Å². The van der Waals surface area contributed by atoms with E-state index in [1.165, 1.54) is 14.2 Å². The van der Waals surface area contributed by atoms with E-state index in [9.17, 15) is 22.4 Å². The Hall–Kier alpha value is -2.57. The van der Waals surface area contributed by atoms with E-state index in [0.717, 1.165) is 24.3 Å². The van der Waals surface area contributed by atoms with E-state index in [0.29, 0.717) is 0 Å². The number of ether oxygens (including phenoxy) is 2. The highest BCUT2D eigenvalue weighted by molar-refractivity contribution is 5.78. The van der Waals surface area contributed by atoms with Gasteiger partial charge in [0.15, 0.2) is 23.1 Å². The third-order valence-electron chi connectivity index (χ3n) is 3.99. The van der Waals surface area contributed by atoms with E-state index in [1.54, 1.807) is 0 Å². The number of hydrogen-bond donors (Lipinski definition) is 0. The first kappa shape index (κ1) is 19.8. The number of halogens is 4. The average Bonchev–Trinajstić information content (AvgIpc) is 2.62. The summed E-state index contributed by atoms with van der Waals surface area (Å²) in [5, 5.41) is 0. The van der Waals surface area contributed by atoms with Gasteiger partial charge in [0.2, 0.25) is 0 Å². The van der Waals surface area contributed by atoms with Crippen LogP contribution in [0.15, 0.2) is 24.3 Å². The van der Waals surface area contributed by atoms with E-state index < -0.39 is 23.3 Å². The Morgan fingerprint density at radius 1 is 0.731 bits per heavy atom. The lowest BCUT2D eigenvalue weighted by Crippen LogP contribution is -2.05. The Morgan fingerprint density at radius 2 is 1.12 bits per heavy atom. The fraction of sp³-hybridized carbons (Fsp3) is 0.316. The number of methoxy groups -OCH3 is 2. The molecule has 0 aromatic heterocycles. The first-order chi connectivity index (χ1) is 12.3. The molecule has 7 heteroatoms. The zero-order chi connectivity index (χ0) is 19.3. The molecule has 0 aliphatic heterocycles. The molecule has 2 aromatic carbocycles. The number of Topliss-reactive ketones (excluding diaryl/α,β-unsaturated/α-hetero) is 1. The lowest BCUT2D eigenvalue weighted by Gasteiger charge is -2.08. The first-order valence-corrected chi connectivity index (χ1v) is 7.91. The van der Waals surface area contributed by atoms with Crippen molar-refractivity contribution in [2.45, 2.75) is 25.7 Å². The van der Waals surface area contributed by atoms with Crippen molar-refractivity contribution in [1.29, 1.82) is 0 Å². The molecule has 0 heterocycles. The maximum atomic E-state index is 13.8. The molecule has 0 radical (unpaired) electrons. The lowest BCUT2D eigenvalue weighted by atomic mass is 10.0. The summed E-state index contributed by atoms with van der Waals surface area (Å²) in [6, 6.07) is 3.81. The molecule has 0 saturated carbocycles. The largest absolute Gasteiger partial charge is 0.494 e. The maximum Gasteiger partial charge on any atom is 0.165 e. The Labute approximate surface area is 148 Å². The minimum absolute atomic E-state index is 0.00500. The number of ketones is 1. The van der Waals surface area contributed by atoms with Crippen LogP contribution in [0.1, 0.15) is 24.0 Å². The zero-order valence-corrected chi connectivity index (χ0v) is 14.4. The summed E-state index contributed by atoms with van der Waals surface area (Å²) in [5.41, 5.74) is 0.108. The van der Waals surface area contributed by atoms with Gasteiger partial charge in [0.1, 0.15) is 17.4 Å². The number of benzene rings is 2. The monoisotopic (exact) mass is 370 g/mol. The van der Waals surface area contributed by atoms with Gasteiger partial charge in [-0.3, -0.25) is 4.79 Å². The second kappa shape index (κ2) is 8.69. The van der Waals surface area contributed by atoms with E-state index in [2.05, 4.69) is 9.47 Å². The van der Waals surface area contributed by atoms with E-state index in [1.807, 2.05) is 0 Å². The molecule has 0 spiro atoms. The van der Waals surface area contributed by atoms with Gasteiger partial charge in [0, 0.05) is 25.0 Å². The molecular weight excluding hydrogens is 352 g/mol. The second-order valence-electron chi connectivity index (χ2n) is 5.70. The van der Waals surface area contributed by atoms with Crippen molar-refractivity contribution in [3.05, 3.63) is 58.7 Å². The molecule has 0 N–H and O–H groups in total. The Balaban J connectivity index is 1.94. The third-order valence-corrected chi connectivity index (χ3v) is 3.99. The molecule has 2 aromatic rings. The smallest absolute Gasteiger partial charge is 0.165 e. The molecule has 140 valence electrons. The van der Waals surface area contributed by atoms with Gasteiger partial charge >= 0.3 is 0 Å². The predicted molar refractivity (Wildman–Crippen MR) is 87.5 cm³/mol. The van der Waals surface area contributed by atoms with Crippen LogP contribution in [-0.2, 0) is 17.6 Å². The molecule has 0 bridgehead atoms. The van der Waals surface area contributed by atoms with Crippen molar-refractivity contribution < 1.29 is 31.8 Å². The highest BCUT2D eigenvalue weighted by atomic mass is 19.1. The molecule has 0 aliphatic rings. The van der Waals surface area contributed by atoms with Gasteiger partial charge in [-0.25, -0.2) is 17.6 Å². The van der Waals surface area contributed by atoms with Gasteiger partial charge in [0.05, 0.1) is 14.2 Å². The molecule has 0 atom stereocenters. The summed E-state index contributed by atoms with van der Waals surface area (Å²) in [7, 11) is 2.45. The molecule has 0 unspecified atom stereocenters. The van der Waals surface area contributed by atoms with E-state index >= 15 is 0 Å². The highest BCUT2D eigenvalue weighted by Crippen LogP contribution is 2.24. The van der Waals surface area contributed by atoms with Crippen LogP contribution in [0.2, 0.25) is 0 Å². The normalized spacial score (nSPS) is 10.7. The first-order valence-electron chi connectivity index (χ1n) is 7.91. The number of aryl methyl sites for hydroxylation is 2. The number of rotatable bonds is 8. The predicted octanol–water partition coefficient (Wildman–Crippen LogP) is 4.39. The van der Waals surface area contributed by atoms with Gasteiger partial charge in [-0.05, 0) is 36.1 Å².